The number of ether oxygens (including phenoxy) is 4. The molecule has 0 aromatic heterocycles. The highest BCUT2D eigenvalue weighted by molar-refractivity contribution is 4.89. The van der Waals surface area contributed by atoms with Crippen LogP contribution in [-0.4, -0.2) is 50.7 Å². The molecule has 0 amide bonds. The Bertz CT molecular complexity index is 174. The van der Waals surface area contributed by atoms with Gasteiger partial charge in [-0.15, -0.1) is 0 Å². The van der Waals surface area contributed by atoms with E-state index in [0.717, 1.165) is 0 Å². The van der Waals surface area contributed by atoms with Gasteiger partial charge in [0.15, 0.2) is 6.29 Å². The summed E-state index contributed by atoms with van der Waals surface area (Å²) in [5, 5.41) is 9.54. The number of aliphatic hydroxyl groups excluding tert-OH is 1. The van der Waals surface area contributed by atoms with E-state index in [1.54, 1.807) is 7.11 Å². The van der Waals surface area contributed by atoms with Gasteiger partial charge >= 0.3 is 0 Å². The number of aliphatic hydroxyl groups is 1. The van der Waals surface area contributed by atoms with Crippen LogP contribution in [0.25, 0.3) is 0 Å². The maximum atomic E-state index is 9.54. The lowest BCUT2D eigenvalue weighted by Crippen LogP contribution is -2.32. The lowest BCUT2D eigenvalue weighted by atomic mass is 10.0. The van der Waals surface area contributed by atoms with Crippen molar-refractivity contribution in [3.8, 4) is 0 Å². The van der Waals surface area contributed by atoms with Gasteiger partial charge in [0.05, 0.1) is 31.3 Å². The fraction of sp³-hybridized carbons (Fsp3) is 1.00. The van der Waals surface area contributed by atoms with Crippen LogP contribution in [0.2, 0.25) is 0 Å². The molecule has 0 radical (unpaired) electrons. The summed E-state index contributed by atoms with van der Waals surface area (Å²) in [5.74, 6) is -0.0600. The summed E-state index contributed by atoms with van der Waals surface area (Å²) in [6.07, 6.45) is -0.881. The number of fused-ring (bicyclic) bond motifs is 1. The van der Waals surface area contributed by atoms with Crippen LogP contribution in [0.5, 0.6) is 0 Å². The smallest absolute Gasteiger partial charge is 0.165 e. The highest BCUT2D eigenvalue weighted by atomic mass is 16.7. The third-order valence-corrected chi connectivity index (χ3v) is 2.44. The minimum absolute atomic E-state index is 0.0600. The Balaban J connectivity index is 1.90. The van der Waals surface area contributed by atoms with Gasteiger partial charge in [-0.05, 0) is 0 Å². The van der Waals surface area contributed by atoms with Gasteiger partial charge in [0.2, 0.25) is 0 Å². The summed E-state index contributed by atoms with van der Waals surface area (Å²) < 4.78 is 20.6. The molecule has 1 N–H and O–H groups in total. The van der Waals surface area contributed by atoms with Crippen molar-refractivity contribution in [2.75, 3.05) is 27.1 Å². The second kappa shape index (κ2) is 3.89. The Labute approximate surface area is 76.5 Å². The first-order chi connectivity index (χ1) is 6.33. The van der Waals surface area contributed by atoms with Gasteiger partial charge < -0.3 is 24.1 Å². The number of methoxy groups -OCH3 is 1. The summed E-state index contributed by atoms with van der Waals surface area (Å²) in [5.41, 5.74) is 0. The predicted molar refractivity (Wildman–Crippen MR) is 41.9 cm³/mol. The monoisotopic (exact) mass is 190 g/mol. The van der Waals surface area contributed by atoms with Crippen LogP contribution in [0.3, 0.4) is 0 Å². The maximum Gasteiger partial charge on any atom is 0.165 e. The largest absolute Gasteiger partial charge is 0.390 e. The first-order valence-corrected chi connectivity index (χ1v) is 4.34. The third kappa shape index (κ3) is 1.70. The van der Waals surface area contributed by atoms with E-state index in [1.165, 1.54) is 0 Å². The summed E-state index contributed by atoms with van der Waals surface area (Å²) in [7, 11) is 1.56. The highest BCUT2D eigenvalue weighted by Crippen LogP contribution is 2.33. The van der Waals surface area contributed by atoms with Crippen molar-refractivity contribution in [3.05, 3.63) is 0 Å². The van der Waals surface area contributed by atoms with Gasteiger partial charge in [0, 0.05) is 7.11 Å². The molecule has 0 aromatic carbocycles. The molecule has 2 rings (SSSR count). The van der Waals surface area contributed by atoms with Crippen LogP contribution < -0.4 is 0 Å². The molecule has 4 atom stereocenters. The molecule has 4 unspecified atom stereocenters. The third-order valence-electron chi connectivity index (χ3n) is 2.44. The molecule has 13 heavy (non-hydrogen) atoms. The molecule has 5 nitrogen and oxygen atoms in total. The topological polar surface area (TPSA) is 57.2 Å². The van der Waals surface area contributed by atoms with Gasteiger partial charge in [-0.3, -0.25) is 0 Å². The van der Waals surface area contributed by atoms with E-state index in [0.29, 0.717) is 13.2 Å². The van der Waals surface area contributed by atoms with Crippen molar-refractivity contribution in [3.63, 3.8) is 0 Å². The zero-order valence-corrected chi connectivity index (χ0v) is 7.51. The van der Waals surface area contributed by atoms with Gasteiger partial charge in [-0.1, -0.05) is 0 Å². The van der Waals surface area contributed by atoms with E-state index < -0.39 is 6.10 Å². The molecule has 0 aliphatic carbocycles. The Morgan fingerprint density at radius 3 is 2.92 bits per heavy atom. The molecule has 0 aromatic rings. The zero-order chi connectivity index (χ0) is 9.26. The molecule has 0 bridgehead atoms. The molecular formula is C8H14O5. The Morgan fingerprint density at radius 2 is 2.15 bits per heavy atom. The molecule has 2 saturated heterocycles. The molecular weight excluding hydrogens is 176 g/mol. The Kier molecular flexibility index (Phi) is 2.80. The number of rotatable bonds is 3. The van der Waals surface area contributed by atoms with Crippen molar-refractivity contribution in [2.24, 2.45) is 5.92 Å². The fourth-order valence-electron chi connectivity index (χ4n) is 1.79. The molecule has 2 fully saturated rings. The first kappa shape index (κ1) is 9.36. The van der Waals surface area contributed by atoms with E-state index in [1.807, 2.05) is 0 Å². The lowest BCUT2D eigenvalue weighted by Gasteiger charge is -2.17. The summed E-state index contributed by atoms with van der Waals surface area (Å²) in [6.45, 7) is 1.03. The van der Waals surface area contributed by atoms with Gasteiger partial charge in [-0.2, -0.15) is 0 Å². The molecule has 2 aliphatic heterocycles. The van der Waals surface area contributed by atoms with E-state index in [2.05, 4.69) is 0 Å². The van der Waals surface area contributed by atoms with Crippen molar-refractivity contribution in [1.82, 2.24) is 0 Å². The molecule has 2 aliphatic rings. The van der Waals surface area contributed by atoms with E-state index in [4.69, 9.17) is 18.9 Å². The van der Waals surface area contributed by atoms with Gasteiger partial charge in [-0.25, -0.2) is 0 Å². The van der Waals surface area contributed by atoms with E-state index in [-0.39, 0.29) is 25.1 Å². The fourth-order valence-corrected chi connectivity index (χ4v) is 1.79. The minimum atomic E-state index is -0.477. The minimum Gasteiger partial charge on any atom is -0.390 e. The van der Waals surface area contributed by atoms with E-state index >= 15 is 0 Å². The van der Waals surface area contributed by atoms with Crippen LogP contribution in [-0.2, 0) is 18.9 Å². The van der Waals surface area contributed by atoms with Crippen LogP contribution in [0.4, 0.5) is 0 Å². The Hall–Kier alpha value is -0.200. The standard InChI is InChI=1S/C8H14O5/c1-10-4-13-6-3-12-8-7(6)5(9)2-11-8/h5-9H,2-4H2,1H3. The predicted octanol–water partition coefficient (Wildman–Crippen LogP) is -0.661. The summed E-state index contributed by atoms with van der Waals surface area (Å²) in [4.78, 5) is 0. The molecule has 0 saturated carbocycles. The van der Waals surface area contributed by atoms with Crippen LogP contribution in [0.15, 0.2) is 0 Å². The van der Waals surface area contributed by atoms with Crippen molar-refractivity contribution in [1.29, 1.82) is 0 Å². The van der Waals surface area contributed by atoms with E-state index in [9.17, 15) is 5.11 Å². The quantitative estimate of drug-likeness (QED) is 0.599. The van der Waals surface area contributed by atoms with Crippen molar-refractivity contribution in [2.45, 2.75) is 18.5 Å². The normalized spacial score (nSPS) is 43.8. The lowest BCUT2D eigenvalue weighted by molar-refractivity contribution is -0.0993. The Morgan fingerprint density at radius 1 is 1.38 bits per heavy atom. The maximum absolute atomic E-state index is 9.54. The molecule has 2 heterocycles. The first-order valence-electron chi connectivity index (χ1n) is 4.34. The molecule has 5 heteroatoms. The SMILES string of the molecule is COCOC1COC2OCC(O)C12. The van der Waals surface area contributed by atoms with Crippen LogP contribution >= 0.6 is 0 Å². The average molecular weight is 190 g/mol. The van der Waals surface area contributed by atoms with Gasteiger partial charge in [0.1, 0.15) is 6.79 Å². The number of hydrogen-bond acceptors (Lipinski definition) is 5. The second-order valence-electron chi connectivity index (χ2n) is 3.29. The summed E-state index contributed by atoms with van der Waals surface area (Å²) >= 11 is 0. The highest BCUT2D eigenvalue weighted by Gasteiger charge is 2.48. The van der Waals surface area contributed by atoms with Crippen LogP contribution in [0.1, 0.15) is 0 Å². The van der Waals surface area contributed by atoms with Gasteiger partial charge in [0.25, 0.3) is 0 Å². The van der Waals surface area contributed by atoms with Crippen molar-refractivity contribution < 1.29 is 24.1 Å². The number of hydrogen-bond donors (Lipinski definition) is 1. The zero-order valence-electron chi connectivity index (χ0n) is 7.51. The molecule has 0 spiro atoms. The van der Waals surface area contributed by atoms with Crippen molar-refractivity contribution >= 4 is 0 Å². The summed E-state index contributed by atoms with van der Waals surface area (Å²) in [6, 6.07) is 0. The van der Waals surface area contributed by atoms with Crippen LogP contribution in [0, 0.1) is 5.92 Å². The average Bonchev–Trinajstić information content (AvgIpc) is 2.67. The molecule has 76 valence electrons. The second-order valence-corrected chi connectivity index (χ2v) is 3.29.